The molecule has 2 aliphatic carbocycles. The van der Waals surface area contributed by atoms with Gasteiger partial charge in [0.05, 0.1) is 24.4 Å². The number of rotatable bonds is 6. The molecule has 4 atom stereocenters. The van der Waals surface area contributed by atoms with Crippen LogP contribution in [0, 0.1) is 17.8 Å². The first kappa shape index (κ1) is 26.8. The van der Waals surface area contributed by atoms with Crippen molar-refractivity contribution in [3.63, 3.8) is 0 Å². The Hall–Kier alpha value is -4.12. The number of pyridine rings is 1. The normalized spacial score (nSPS) is 26.6. The summed E-state index contributed by atoms with van der Waals surface area (Å²) in [7, 11) is 1.45. The van der Waals surface area contributed by atoms with Crippen molar-refractivity contribution in [2.24, 2.45) is 17.8 Å². The Labute approximate surface area is 241 Å². The fraction of sp³-hybridized carbons (Fsp3) is 0.419. The Kier molecular flexibility index (Phi) is 6.38. The number of hydrogen-bond donors (Lipinski definition) is 1. The molecule has 42 heavy (non-hydrogen) atoms. The van der Waals surface area contributed by atoms with E-state index in [2.05, 4.69) is 14.9 Å². The molecule has 0 radical (unpaired) electrons. The number of carbonyl (C=O) groups is 1. The smallest absolute Gasteiger partial charge is 0.387 e. The van der Waals surface area contributed by atoms with Crippen molar-refractivity contribution in [1.29, 1.82) is 0 Å². The van der Waals surface area contributed by atoms with Crippen LogP contribution in [0.2, 0.25) is 0 Å². The van der Waals surface area contributed by atoms with Crippen LogP contribution in [0.4, 0.5) is 14.7 Å². The number of benzene rings is 1. The monoisotopic (exact) mass is 575 g/mol. The number of nitrogens with zero attached hydrogens (tertiary/aromatic N) is 5. The summed E-state index contributed by atoms with van der Waals surface area (Å²) >= 11 is 0. The number of halogens is 2. The lowest BCUT2D eigenvalue weighted by Gasteiger charge is -2.36. The number of para-hydroxylation sites is 1. The lowest BCUT2D eigenvalue weighted by atomic mass is 9.85. The molecule has 4 aromatic rings. The van der Waals surface area contributed by atoms with Gasteiger partial charge in [0.1, 0.15) is 17.0 Å². The summed E-state index contributed by atoms with van der Waals surface area (Å²) in [6.45, 7) is 0.183. The molecule has 0 amide bonds. The Balaban J connectivity index is 1.20. The summed E-state index contributed by atoms with van der Waals surface area (Å²) in [5.74, 6) is 0.632. The highest BCUT2D eigenvalue weighted by Gasteiger charge is 2.47. The van der Waals surface area contributed by atoms with Crippen LogP contribution in [0.25, 0.3) is 16.8 Å². The van der Waals surface area contributed by atoms with Gasteiger partial charge in [0, 0.05) is 54.3 Å². The van der Waals surface area contributed by atoms with Crippen LogP contribution >= 0.6 is 0 Å². The molecule has 3 aromatic heterocycles. The first-order chi connectivity index (χ1) is 20.2. The van der Waals surface area contributed by atoms with Gasteiger partial charge in [-0.3, -0.25) is 4.79 Å². The number of hydrogen-bond acceptors (Lipinski definition) is 8. The second kappa shape index (κ2) is 10.0. The Morgan fingerprint density at radius 2 is 1.79 bits per heavy atom. The van der Waals surface area contributed by atoms with Crippen molar-refractivity contribution in [3.8, 4) is 16.9 Å². The lowest BCUT2D eigenvalue weighted by Crippen LogP contribution is -2.45. The second-order valence-corrected chi connectivity index (χ2v) is 11.8. The zero-order valence-corrected chi connectivity index (χ0v) is 23.3. The summed E-state index contributed by atoms with van der Waals surface area (Å²) in [6, 6.07) is 10.5. The van der Waals surface area contributed by atoms with Crippen molar-refractivity contribution in [2.45, 2.75) is 44.3 Å². The van der Waals surface area contributed by atoms with E-state index in [0.29, 0.717) is 22.9 Å². The average Bonchev–Trinajstić information content (AvgIpc) is 3.59. The predicted molar refractivity (Wildman–Crippen MR) is 149 cm³/mol. The van der Waals surface area contributed by atoms with Crippen LogP contribution in [-0.2, 0) is 15.1 Å². The van der Waals surface area contributed by atoms with Gasteiger partial charge in [-0.2, -0.15) is 8.78 Å². The number of piperidine rings is 1. The third-order valence-electron chi connectivity index (χ3n) is 9.17. The van der Waals surface area contributed by atoms with E-state index in [-0.39, 0.29) is 35.9 Å². The molecule has 4 heterocycles. The van der Waals surface area contributed by atoms with Gasteiger partial charge in [-0.05, 0) is 56.2 Å². The van der Waals surface area contributed by atoms with Crippen LogP contribution in [-0.4, -0.2) is 57.2 Å². The van der Waals surface area contributed by atoms with E-state index < -0.39 is 18.1 Å². The molecular formula is C31H31F2N5O4. The van der Waals surface area contributed by atoms with Crippen molar-refractivity contribution in [3.05, 3.63) is 71.9 Å². The number of ether oxygens (including phenoxy) is 2. The van der Waals surface area contributed by atoms with Gasteiger partial charge in [-0.15, -0.1) is 0 Å². The molecule has 1 N–H and O–H groups in total. The van der Waals surface area contributed by atoms with Crippen LogP contribution in [0.3, 0.4) is 0 Å². The third kappa shape index (κ3) is 4.38. The maximum atomic E-state index is 13.2. The maximum Gasteiger partial charge on any atom is 0.387 e. The van der Waals surface area contributed by atoms with E-state index in [1.807, 2.05) is 22.7 Å². The molecule has 11 heteroatoms. The summed E-state index contributed by atoms with van der Waals surface area (Å²) < 4.78 is 38.2. The average molecular weight is 576 g/mol. The summed E-state index contributed by atoms with van der Waals surface area (Å²) in [5.41, 5.74) is 2.88. The highest BCUT2D eigenvalue weighted by atomic mass is 19.3. The fourth-order valence-electron chi connectivity index (χ4n) is 7.32. The first-order valence-corrected chi connectivity index (χ1v) is 14.2. The van der Waals surface area contributed by atoms with Gasteiger partial charge in [0.15, 0.2) is 0 Å². The number of fused-ring (bicyclic) bond motifs is 5. The highest BCUT2D eigenvalue weighted by molar-refractivity contribution is 5.74. The van der Waals surface area contributed by atoms with Crippen LogP contribution in [0.1, 0.15) is 49.1 Å². The molecule has 2 fully saturated rings. The lowest BCUT2D eigenvalue weighted by molar-refractivity contribution is -0.148. The van der Waals surface area contributed by atoms with Crippen molar-refractivity contribution in [2.75, 3.05) is 25.1 Å². The molecule has 3 aliphatic rings. The number of alkyl halides is 2. The Bertz CT molecular complexity index is 1640. The van der Waals surface area contributed by atoms with E-state index in [0.717, 1.165) is 42.8 Å². The quantitative estimate of drug-likeness (QED) is 0.328. The minimum Gasteiger partial charge on any atom is -0.469 e. The standard InChI is InChI=1S/C31H31F2N5O4/c1-31(40)11-22(21-5-3-4-6-23(21)42-29(32)33)26-27(31)36-24-10-9-17(16-38(24)26)20-12-34-30(35-13-20)37-14-18-7-8-19(15-37)25(18)28(39)41-2/h3-6,9-10,12-13,16,18-19,22,25,29,40H,7-8,11,14-15H2,1-2H3. The van der Waals surface area contributed by atoms with Crippen molar-refractivity contribution >= 4 is 17.6 Å². The predicted octanol–water partition coefficient (Wildman–Crippen LogP) is 4.77. The van der Waals surface area contributed by atoms with Gasteiger partial charge in [-0.25, -0.2) is 15.0 Å². The summed E-state index contributed by atoms with van der Waals surface area (Å²) in [6.07, 6.45) is 7.78. The Morgan fingerprint density at radius 1 is 1.07 bits per heavy atom. The SMILES string of the molecule is COC(=O)C1C2CCC1CN(c1ncc(-c3ccc4nc5c(n4c3)C(c3ccccc3OC(F)F)CC5(C)O)cn1)C2. The van der Waals surface area contributed by atoms with Gasteiger partial charge in [0.25, 0.3) is 0 Å². The van der Waals surface area contributed by atoms with E-state index in [1.165, 1.54) is 13.2 Å². The van der Waals surface area contributed by atoms with E-state index in [1.54, 1.807) is 37.5 Å². The van der Waals surface area contributed by atoms with Crippen molar-refractivity contribution < 1.29 is 28.2 Å². The molecule has 1 saturated carbocycles. The van der Waals surface area contributed by atoms with E-state index in [4.69, 9.17) is 14.5 Å². The second-order valence-electron chi connectivity index (χ2n) is 11.8. The molecule has 7 rings (SSSR count). The number of methoxy groups -OCH3 is 1. The summed E-state index contributed by atoms with van der Waals surface area (Å²) in [5, 5.41) is 11.3. The zero-order valence-electron chi connectivity index (χ0n) is 23.3. The first-order valence-electron chi connectivity index (χ1n) is 14.2. The number of imidazole rings is 1. The van der Waals surface area contributed by atoms with Crippen LogP contribution in [0.15, 0.2) is 55.0 Å². The number of aliphatic hydroxyl groups is 1. The van der Waals surface area contributed by atoms with Crippen molar-refractivity contribution in [1.82, 2.24) is 19.4 Å². The molecule has 1 saturated heterocycles. The maximum absolute atomic E-state index is 13.2. The van der Waals surface area contributed by atoms with E-state index >= 15 is 0 Å². The van der Waals surface area contributed by atoms with Gasteiger partial charge >= 0.3 is 12.6 Å². The minimum absolute atomic E-state index is 0.0485. The number of aromatic nitrogens is 4. The topological polar surface area (TPSA) is 102 Å². The fourth-order valence-corrected chi connectivity index (χ4v) is 7.32. The van der Waals surface area contributed by atoms with Gasteiger partial charge in [0.2, 0.25) is 5.95 Å². The number of esters is 1. The molecule has 218 valence electrons. The molecule has 1 aliphatic heterocycles. The molecule has 9 nitrogen and oxygen atoms in total. The van der Waals surface area contributed by atoms with Crippen LogP contribution < -0.4 is 9.64 Å². The number of anilines is 1. The Morgan fingerprint density at radius 3 is 2.48 bits per heavy atom. The molecule has 4 unspecified atom stereocenters. The molecule has 1 aromatic carbocycles. The van der Waals surface area contributed by atoms with Gasteiger partial charge in [-0.1, -0.05) is 18.2 Å². The largest absolute Gasteiger partial charge is 0.469 e. The minimum atomic E-state index is -2.96. The van der Waals surface area contributed by atoms with E-state index in [9.17, 15) is 18.7 Å². The molecule has 0 spiro atoms. The molecular weight excluding hydrogens is 544 g/mol. The third-order valence-corrected chi connectivity index (χ3v) is 9.17. The van der Waals surface area contributed by atoms with Gasteiger partial charge < -0.3 is 23.9 Å². The molecule has 2 bridgehead atoms. The highest BCUT2D eigenvalue weighted by Crippen LogP contribution is 2.50. The number of carbonyl (C=O) groups excluding carboxylic acids is 1. The van der Waals surface area contributed by atoms with Crippen LogP contribution in [0.5, 0.6) is 5.75 Å². The zero-order chi connectivity index (χ0) is 29.2. The summed E-state index contributed by atoms with van der Waals surface area (Å²) in [4.78, 5) is 28.5.